The van der Waals surface area contributed by atoms with Crippen LogP contribution in [0.1, 0.15) is 68.2 Å². The van der Waals surface area contributed by atoms with Gasteiger partial charge < -0.3 is 10.6 Å². The number of hydrogen-bond donors (Lipinski definition) is 2. The van der Waals surface area contributed by atoms with Crippen molar-refractivity contribution in [3.05, 3.63) is 38.8 Å². The first-order valence-electron chi connectivity index (χ1n) is 11.8. The molecule has 2 aromatic heterocycles. The molecule has 172 valence electrons. The number of aromatic nitrogens is 2. The Labute approximate surface area is 192 Å². The highest BCUT2D eigenvalue weighted by molar-refractivity contribution is 7.18. The molecule has 0 aromatic carbocycles. The highest BCUT2D eigenvalue weighted by Crippen LogP contribution is 2.33. The van der Waals surface area contributed by atoms with E-state index in [9.17, 15) is 14.4 Å². The summed E-state index contributed by atoms with van der Waals surface area (Å²) in [7, 11) is 0. The van der Waals surface area contributed by atoms with Crippen LogP contribution >= 0.6 is 11.3 Å². The second-order valence-electron chi connectivity index (χ2n) is 8.73. The van der Waals surface area contributed by atoms with Gasteiger partial charge in [-0.25, -0.2) is 4.98 Å². The first kappa shape index (κ1) is 22.7. The van der Waals surface area contributed by atoms with Gasteiger partial charge in [-0.05, 0) is 69.8 Å². The van der Waals surface area contributed by atoms with Crippen LogP contribution in [0, 0.1) is 0 Å². The summed E-state index contributed by atoms with van der Waals surface area (Å²) in [4.78, 5) is 43.7. The number of nitrogens with zero attached hydrogens (tertiary/aromatic N) is 2. The fourth-order valence-corrected chi connectivity index (χ4v) is 5.78. The van der Waals surface area contributed by atoms with Gasteiger partial charge >= 0.3 is 0 Å². The molecule has 2 N–H and O–H groups in total. The maximum Gasteiger partial charge on any atom is 0.262 e. The lowest BCUT2D eigenvalue weighted by molar-refractivity contribution is -0.123. The normalized spacial score (nSPS) is 15.8. The number of allylic oxidation sites excluding steroid dienone is 1. The molecule has 2 aliphatic rings. The van der Waals surface area contributed by atoms with Gasteiger partial charge in [0, 0.05) is 24.4 Å². The van der Waals surface area contributed by atoms with Gasteiger partial charge in [-0.1, -0.05) is 11.6 Å². The van der Waals surface area contributed by atoms with E-state index in [0.717, 1.165) is 55.3 Å². The summed E-state index contributed by atoms with van der Waals surface area (Å²) in [6.07, 6.45) is 14.7. The summed E-state index contributed by atoms with van der Waals surface area (Å²) < 4.78 is 1.39. The molecule has 0 saturated heterocycles. The summed E-state index contributed by atoms with van der Waals surface area (Å²) in [5, 5.41) is 6.47. The van der Waals surface area contributed by atoms with Crippen LogP contribution in [0.25, 0.3) is 10.2 Å². The third kappa shape index (κ3) is 5.65. The van der Waals surface area contributed by atoms with Crippen LogP contribution in [0.15, 0.2) is 22.8 Å². The Morgan fingerprint density at radius 2 is 1.84 bits per heavy atom. The molecule has 7 nitrogen and oxygen atoms in total. The van der Waals surface area contributed by atoms with Crippen molar-refractivity contribution in [1.29, 1.82) is 0 Å². The predicted octanol–water partition coefficient (Wildman–Crippen LogP) is 3.24. The average Bonchev–Trinajstić information content (AvgIpc) is 3.19. The largest absolute Gasteiger partial charge is 0.356 e. The zero-order valence-electron chi connectivity index (χ0n) is 18.6. The molecular formula is C24H32N4O3S. The molecule has 32 heavy (non-hydrogen) atoms. The van der Waals surface area contributed by atoms with E-state index in [1.807, 2.05) is 0 Å². The average molecular weight is 457 g/mol. The summed E-state index contributed by atoms with van der Waals surface area (Å²) in [5.41, 5.74) is 2.46. The lowest BCUT2D eigenvalue weighted by atomic mass is 9.97. The predicted molar refractivity (Wildman–Crippen MR) is 127 cm³/mol. The number of fused-ring (bicyclic) bond motifs is 3. The molecule has 4 rings (SSSR count). The van der Waals surface area contributed by atoms with E-state index in [0.29, 0.717) is 31.3 Å². The molecule has 0 unspecified atom stereocenters. The molecule has 2 heterocycles. The molecule has 0 radical (unpaired) electrons. The lowest BCUT2D eigenvalue weighted by Crippen LogP contribution is -2.33. The van der Waals surface area contributed by atoms with Crippen molar-refractivity contribution in [3.8, 4) is 0 Å². The van der Waals surface area contributed by atoms with E-state index in [2.05, 4.69) is 21.7 Å². The fourth-order valence-electron chi connectivity index (χ4n) is 4.56. The van der Waals surface area contributed by atoms with Crippen LogP contribution in [-0.2, 0) is 29.0 Å². The standard InChI is InChI=1S/C24H32N4O3S/c29-20(26-14-12-17-7-2-1-3-8-17)11-6-13-25-21(30)15-28-16-27-23-22(24(28)31)18-9-4-5-10-19(18)32-23/h7,16H,1-6,8-15H2,(H,25,30)(H,26,29). The Hall–Kier alpha value is -2.48. The first-order valence-corrected chi connectivity index (χ1v) is 12.6. The van der Waals surface area contributed by atoms with Gasteiger partial charge in [-0.2, -0.15) is 0 Å². The van der Waals surface area contributed by atoms with Gasteiger partial charge in [0.05, 0.1) is 11.7 Å². The van der Waals surface area contributed by atoms with Crippen LogP contribution in [0.5, 0.6) is 0 Å². The molecule has 0 fully saturated rings. The summed E-state index contributed by atoms with van der Waals surface area (Å²) >= 11 is 1.61. The molecule has 0 atom stereocenters. The van der Waals surface area contributed by atoms with E-state index in [4.69, 9.17) is 0 Å². The minimum absolute atomic E-state index is 0.0174. The van der Waals surface area contributed by atoms with Crippen LogP contribution in [0.3, 0.4) is 0 Å². The molecule has 0 aliphatic heterocycles. The Morgan fingerprint density at radius 3 is 2.69 bits per heavy atom. The molecule has 2 aliphatic carbocycles. The van der Waals surface area contributed by atoms with Gasteiger partial charge in [-0.15, -0.1) is 11.3 Å². The number of amides is 2. The number of carbonyl (C=O) groups excluding carboxylic acids is 2. The Bertz CT molecular complexity index is 1070. The molecule has 0 saturated carbocycles. The monoisotopic (exact) mass is 456 g/mol. The summed E-state index contributed by atoms with van der Waals surface area (Å²) in [6, 6.07) is 0. The number of nitrogens with one attached hydrogen (secondary N) is 2. The minimum Gasteiger partial charge on any atom is -0.356 e. The number of thiophene rings is 1. The topological polar surface area (TPSA) is 93.1 Å². The number of rotatable bonds is 9. The van der Waals surface area contributed by atoms with Gasteiger partial charge in [0.2, 0.25) is 11.8 Å². The number of carbonyl (C=O) groups is 2. The Morgan fingerprint density at radius 1 is 1.03 bits per heavy atom. The number of aryl methyl sites for hydroxylation is 2. The van der Waals surface area contributed by atoms with Crippen molar-refractivity contribution in [2.45, 2.75) is 77.2 Å². The SMILES string of the molecule is O=C(CCCNC(=O)Cn1cnc2sc3c(c2c1=O)CCCC3)NCCC1=CCCCC1. The maximum absolute atomic E-state index is 12.9. The second kappa shape index (κ2) is 10.9. The highest BCUT2D eigenvalue weighted by atomic mass is 32.1. The molecule has 0 bridgehead atoms. The van der Waals surface area contributed by atoms with E-state index >= 15 is 0 Å². The van der Waals surface area contributed by atoms with Crippen LogP contribution < -0.4 is 16.2 Å². The van der Waals surface area contributed by atoms with Crippen molar-refractivity contribution in [1.82, 2.24) is 20.2 Å². The van der Waals surface area contributed by atoms with Crippen LogP contribution in [-0.4, -0.2) is 34.5 Å². The molecular weight excluding hydrogens is 424 g/mol. The summed E-state index contributed by atoms with van der Waals surface area (Å²) in [6.45, 7) is 1.05. The zero-order valence-corrected chi connectivity index (χ0v) is 19.4. The fraction of sp³-hybridized carbons (Fsp3) is 0.583. The zero-order chi connectivity index (χ0) is 22.3. The molecule has 2 aromatic rings. The Kier molecular flexibility index (Phi) is 7.73. The highest BCUT2D eigenvalue weighted by Gasteiger charge is 2.20. The number of hydrogen-bond acceptors (Lipinski definition) is 5. The van der Waals surface area contributed by atoms with E-state index in [1.54, 1.807) is 11.3 Å². The third-order valence-corrected chi connectivity index (χ3v) is 7.51. The van der Waals surface area contributed by atoms with Crippen molar-refractivity contribution in [2.75, 3.05) is 13.1 Å². The van der Waals surface area contributed by atoms with Crippen LogP contribution in [0.2, 0.25) is 0 Å². The van der Waals surface area contributed by atoms with Gasteiger partial charge in [0.1, 0.15) is 11.4 Å². The van der Waals surface area contributed by atoms with Crippen molar-refractivity contribution in [3.63, 3.8) is 0 Å². The van der Waals surface area contributed by atoms with Gasteiger partial charge in [0.25, 0.3) is 5.56 Å². The quantitative estimate of drug-likeness (QED) is 0.447. The van der Waals surface area contributed by atoms with Crippen molar-refractivity contribution < 1.29 is 9.59 Å². The van der Waals surface area contributed by atoms with Gasteiger partial charge in [0.15, 0.2) is 0 Å². The van der Waals surface area contributed by atoms with Crippen molar-refractivity contribution >= 4 is 33.4 Å². The smallest absolute Gasteiger partial charge is 0.262 e. The minimum atomic E-state index is -0.234. The third-order valence-electron chi connectivity index (χ3n) is 6.31. The van der Waals surface area contributed by atoms with E-state index in [1.165, 1.54) is 34.2 Å². The van der Waals surface area contributed by atoms with Gasteiger partial charge in [-0.3, -0.25) is 19.0 Å². The molecule has 2 amide bonds. The van der Waals surface area contributed by atoms with E-state index < -0.39 is 0 Å². The molecule has 8 heteroatoms. The second-order valence-corrected chi connectivity index (χ2v) is 9.81. The Balaban J connectivity index is 1.19. The first-order chi connectivity index (χ1) is 15.6. The lowest BCUT2D eigenvalue weighted by Gasteiger charge is -2.13. The maximum atomic E-state index is 12.9. The summed E-state index contributed by atoms with van der Waals surface area (Å²) in [5.74, 6) is -0.217. The van der Waals surface area contributed by atoms with Crippen LogP contribution in [0.4, 0.5) is 0 Å². The van der Waals surface area contributed by atoms with Crippen molar-refractivity contribution in [2.24, 2.45) is 0 Å². The molecule has 0 spiro atoms. The van der Waals surface area contributed by atoms with E-state index in [-0.39, 0.29) is 23.9 Å².